The van der Waals surface area contributed by atoms with Crippen molar-refractivity contribution in [3.05, 3.63) is 72.3 Å². The third-order valence-electron chi connectivity index (χ3n) is 2.89. The normalized spacial score (nSPS) is 10.2. The molecule has 120 valence electrons. The van der Waals surface area contributed by atoms with Gasteiger partial charge in [-0.15, -0.1) is 0 Å². The minimum atomic E-state index is -0.618. The van der Waals surface area contributed by atoms with Crippen LogP contribution in [0.2, 0.25) is 0 Å². The van der Waals surface area contributed by atoms with Crippen molar-refractivity contribution in [1.29, 1.82) is 0 Å². The molecule has 0 aliphatic carbocycles. The molecular weight excluding hydrogens is 318 g/mol. The Labute approximate surface area is 135 Å². The number of hydrogen-bond donors (Lipinski definition) is 1. The summed E-state index contributed by atoms with van der Waals surface area (Å²) < 4.78 is 31.7. The summed E-state index contributed by atoms with van der Waals surface area (Å²) in [6.45, 7) is 0. The van der Waals surface area contributed by atoms with Gasteiger partial charge in [-0.25, -0.2) is 18.7 Å². The van der Waals surface area contributed by atoms with Crippen molar-refractivity contribution in [2.45, 2.75) is 0 Å². The van der Waals surface area contributed by atoms with Gasteiger partial charge in [0.2, 0.25) is 0 Å². The van der Waals surface area contributed by atoms with Crippen molar-refractivity contribution in [3.63, 3.8) is 0 Å². The summed E-state index contributed by atoms with van der Waals surface area (Å²) in [6, 6.07) is 6.80. The van der Waals surface area contributed by atoms with E-state index in [9.17, 15) is 13.6 Å². The van der Waals surface area contributed by atoms with E-state index in [1.165, 1.54) is 36.8 Å². The van der Waals surface area contributed by atoms with Crippen molar-refractivity contribution in [2.75, 3.05) is 5.32 Å². The molecule has 1 amide bonds. The molecule has 0 aliphatic heterocycles. The van der Waals surface area contributed by atoms with Gasteiger partial charge >= 0.3 is 6.01 Å². The highest BCUT2D eigenvalue weighted by Gasteiger charge is 2.09. The number of carbonyl (C=O) groups is 1. The average molecular weight is 328 g/mol. The van der Waals surface area contributed by atoms with Crippen molar-refractivity contribution >= 4 is 11.6 Å². The lowest BCUT2D eigenvalue weighted by Crippen LogP contribution is -2.13. The molecule has 0 spiro atoms. The first-order chi connectivity index (χ1) is 11.6. The van der Waals surface area contributed by atoms with Crippen LogP contribution in [0, 0.1) is 11.6 Å². The van der Waals surface area contributed by atoms with Crippen LogP contribution in [-0.2, 0) is 0 Å². The van der Waals surface area contributed by atoms with Crippen molar-refractivity contribution in [2.24, 2.45) is 0 Å². The summed E-state index contributed by atoms with van der Waals surface area (Å²) in [6.07, 6.45) is 4.80. The van der Waals surface area contributed by atoms with Gasteiger partial charge in [-0.1, -0.05) is 12.1 Å². The summed E-state index contributed by atoms with van der Waals surface area (Å²) in [5.74, 6) is -1.74. The second-order valence-corrected chi connectivity index (χ2v) is 4.63. The van der Waals surface area contributed by atoms with Gasteiger partial charge in [0.05, 0.1) is 29.8 Å². The highest BCUT2D eigenvalue weighted by molar-refractivity contribution is 6.03. The number of amides is 1. The van der Waals surface area contributed by atoms with Gasteiger partial charge in [0.15, 0.2) is 11.6 Å². The van der Waals surface area contributed by atoms with Crippen LogP contribution in [0.25, 0.3) is 0 Å². The quantitative estimate of drug-likeness (QED) is 0.796. The monoisotopic (exact) mass is 328 g/mol. The number of anilines is 1. The van der Waals surface area contributed by atoms with E-state index in [0.29, 0.717) is 0 Å². The Balaban J connectivity index is 1.68. The largest absolute Gasteiger partial charge is 0.421 e. The second-order valence-electron chi connectivity index (χ2n) is 4.63. The molecule has 1 N–H and O–H groups in total. The number of halogens is 2. The third kappa shape index (κ3) is 3.67. The number of nitrogens with zero attached hydrogens (tertiary/aromatic N) is 3. The van der Waals surface area contributed by atoms with E-state index in [4.69, 9.17) is 4.74 Å². The molecule has 0 bridgehead atoms. The van der Waals surface area contributed by atoms with E-state index in [0.717, 1.165) is 12.3 Å². The van der Waals surface area contributed by atoms with Crippen LogP contribution >= 0.6 is 0 Å². The van der Waals surface area contributed by atoms with Gasteiger partial charge in [-0.05, 0) is 18.2 Å². The van der Waals surface area contributed by atoms with Crippen LogP contribution in [0.15, 0.2) is 55.1 Å². The molecule has 0 unspecified atom stereocenters. The number of ether oxygens (including phenoxy) is 1. The van der Waals surface area contributed by atoms with E-state index in [1.807, 2.05) is 0 Å². The Kier molecular flexibility index (Phi) is 4.37. The van der Waals surface area contributed by atoms with Gasteiger partial charge in [0.1, 0.15) is 5.82 Å². The van der Waals surface area contributed by atoms with E-state index in [2.05, 4.69) is 20.3 Å². The second kappa shape index (κ2) is 6.78. The van der Waals surface area contributed by atoms with Crippen molar-refractivity contribution in [3.8, 4) is 11.8 Å². The molecule has 0 fully saturated rings. The first-order valence-corrected chi connectivity index (χ1v) is 6.78. The molecule has 1 aromatic carbocycles. The zero-order valence-corrected chi connectivity index (χ0v) is 12.1. The zero-order chi connectivity index (χ0) is 16.9. The Hall–Kier alpha value is -3.42. The van der Waals surface area contributed by atoms with Crippen LogP contribution in [0.5, 0.6) is 11.8 Å². The third-order valence-corrected chi connectivity index (χ3v) is 2.89. The molecule has 0 saturated carbocycles. The lowest BCUT2D eigenvalue weighted by Gasteiger charge is -2.06. The molecule has 0 aliphatic rings. The molecule has 0 saturated heterocycles. The predicted octanol–water partition coefficient (Wildman–Crippen LogP) is 3.19. The molecule has 0 radical (unpaired) electrons. The fraction of sp³-hybridized carbons (Fsp3) is 0. The maximum atomic E-state index is 13.5. The fourth-order valence-electron chi connectivity index (χ4n) is 1.80. The predicted molar refractivity (Wildman–Crippen MR) is 80.7 cm³/mol. The Bertz CT molecular complexity index is 872. The minimum Gasteiger partial charge on any atom is -0.421 e. The average Bonchev–Trinajstić information content (AvgIpc) is 2.58. The molecule has 6 nitrogen and oxygen atoms in total. The molecule has 2 heterocycles. The molecule has 3 aromatic rings. The van der Waals surface area contributed by atoms with Gasteiger partial charge in [0, 0.05) is 6.20 Å². The molecule has 8 heteroatoms. The first-order valence-electron chi connectivity index (χ1n) is 6.78. The van der Waals surface area contributed by atoms with Crippen LogP contribution in [0.3, 0.4) is 0 Å². The highest BCUT2D eigenvalue weighted by Crippen LogP contribution is 2.21. The number of para-hydroxylation sites is 1. The maximum absolute atomic E-state index is 13.5. The van der Waals surface area contributed by atoms with Crippen LogP contribution < -0.4 is 10.1 Å². The van der Waals surface area contributed by atoms with Gasteiger partial charge < -0.3 is 10.1 Å². The molecular formula is C16H10F2N4O2. The van der Waals surface area contributed by atoms with E-state index >= 15 is 0 Å². The van der Waals surface area contributed by atoms with Crippen LogP contribution in [0.1, 0.15) is 10.4 Å². The topological polar surface area (TPSA) is 77.0 Å². The molecule has 2 aromatic heterocycles. The molecule has 24 heavy (non-hydrogen) atoms. The van der Waals surface area contributed by atoms with Crippen molar-refractivity contribution in [1.82, 2.24) is 15.0 Å². The number of aromatic nitrogens is 3. The van der Waals surface area contributed by atoms with Gasteiger partial charge in [-0.2, -0.15) is 0 Å². The Morgan fingerprint density at radius 2 is 1.79 bits per heavy atom. The number of benzene rings is 1. The first kappa shape index (κ1) is 15.5. The molecule has 3 rings (SSSR count). The summed E-state index contributed by atoms with van der Waals surface area (Å²) in [5, 5.41) is 2.49. The summed E-state index contributed by atoms with van der Waals surface area (Å²) in [5.41, 5.74) is 0.326. The summed E-state index contributed by atoms with van der Waals surface area (Å²) >= 11 is 0. The van der Waals surface area contributed by atoms with Crippen LogP contribution in [0.4, 0.5) is 14.5 Å². The van der Waals surface area contributed by atoms with E-state index in [1.54, 1.807) is 6.07 Å². The van der Waals surface area contributed by atoms with E-state index < -0.39 is 17.5 Å². The lowest BCUT2D eigenvalue weighted by molar-refractivity contribution is 0.102. The molecule has 0 atom stereocenters. The summed E-state index contributed by atoms with van der Waals surface area (Å²) in [4.78, 5) is 23.3. The van der Waals surface area contributed by atoms with E-state index in [-0.39, 0.29) is 23.0 Å². The number of carbonyl (C=O) groups excluding carboxylic acids is 1. The number of rotatable bonds is 4. The Morgan fingerprint density at radius 3 is 2.50 bits per heavy atom. The van der Waals surface area contributed by atoms with Crippen LogP contribution in [-0.4, -0.2) is 20.9 Å². The lowest BCUT2D eigenvalue weighted by atomic mass is 10.2. The number of pyridine rings is 1. The number of hydrogen-bond acceptors (Lipinski definition) is 5. The highest BCUT2D eigenvalue weighted by atomic mass is 19.1. The maximum Gasteiger partial charge on any atom is 0.322 e. The fourth-order valence-corrected chi connectivity index (χ4v) is 1.80. The SMILES string of the molecule is O=C(Nc1cnc(Oc2ccccc2F)nc1)c1cncc(F)c1. The van der Waals surface area contributed by atoms with Gasteiger partial charge in [0.25, 0.3) is 5.91 Å². The smallest absolute Gasteiger partial charge is 0.322 e. The van der Waals surface area contributed by atoms with Gasteiger partial charge in [-0.3, -0.25) is 9.78 Å². The van der Waals surface area contributed by atoms with Crippen molar-refractivity contribution < 1.29 is 18.3 Å². The zero-order valence-electron chi connectivity index (χ0n) is 12.1. The Morgan fingerprint density at radius 1 is 1.04 bits per heavy atom. The minimum absolute atomic E-state index is 0.0138. The number of nitrogens with one attached hydrogen (secondary N) is 1. The standard InChI is InChI=1S/C16H10F2N4O2/c17-11-5-10(6-19-7-11)15(23)22-12-8-20-16(21-9-12)24-14-4-2-1-3-13(14)18/h1-9H,(H,22,23). The summed E-state index contributed by atoms with van der Waals surface area (Å²) in [7, 11) is 0.